The number of nitrogens with zero attached hydrogens (tertiary/aromatic N) is 2. The monoisotopic (exact) mass is 395 g/mol. The molecule has 1 heterocycles. The molecule has 5 fully saturated rings. The second kappa shape index (κ2) is 7.13. The summed E-state index contributed by atoms with van der Waals surface area (Å²) in [6.07, 6.45) is 19.5. The summed E-state index contributed by atoms with van der Waals surface area (Å²) in [5.74, 6) is 2.94. The minimum Gasteiger partial charge on any atom is -0.350 e. The van der Waals surface area contributed by atoms with Gasteiger partial charge in [0.2, 0.25) is 0 Å². The molecule has 1 aromatic heterocycles. The fourth-order valence-corrected chi connectivity index (χ4v) is 8.29. The van der Waals surface area contributed by atoms with Crippen LogP contribution in [0.3, 0.4) is 0 Å². The average Bonchev–Trinajstić information content (AvgIpc) is 3.12. The predicted octanol–water partition coefficient (Wildman–Crippen LogP) is 5.21. The third-order valence-electron chi connectivity index (χ3n) is 9.13. The average molecular weight is 396 g/mol. The van der Waals surface area contributed by atoms with E-state index in [4.69, 9.17) is 5.10 Å². The van der Waals surface area contributed by atoms with Gasteiger partial charge in [0.25, 0.3) is 5.91 Å². The predicted molar refractivity (Wildman–Crippen MR) is 114 cm³/mol. The molecule has 0 aliphatic heterocycles. The van der Waals surface area contributed by atoms with Crippen molar-refractivity contribution in [2.75, 3.05) is 6.54 Å². The molecular weight excluding hydrogens is 358 g/mol. The SMILES string of the molecule is O=C(NCC12CC3CC(CC(C3)C1)C2)c1nn(C2CCCCC2)c2c1CCCC2. The van der Waals surface area contributed by atoms with E-state index in [9.17, 15) is 4.79 Å². The Bertz CT molecular complexity index is 753. The Kier molecular flexibility index (Phi) is 4.54. The standard InChI is InChI=1S/C25H37N3O/c29-24(26-16-25-13-17-10-18(14-25)12-19(11-17)15-25)23-21-8-4-5-9-22(21)28(27-23)20-6-2-1-3-7-20/h17-20H,1-16H2,(H,26,29). The molecule has 0 atom stereocenters. The van der Waals surface area contributed by atoms with Crippen molar-refractivity contribution in [3.63, 3.8) is 0 Å². The van der Waals surface area contributed by atoms with Crippen molar-refractivity contribution in [3.05, 3.63) is 17.0 Å². The van der Waals surface area contributed by atoms with Crippen LogP contribution in [0.1, 0.15) is 111 Å². The quantitative estimate of drug-likeness (QED) is 0.760. The molecule has 0 saturated heterocycles. The Balaban J connectivity index is 1.21. The van der Waals surface area contributed by atoms with Crippen molar-refractivity contribution in [3.8, 4) is 0 Å². The van der Waals surface area contributed by atoms with Crippen molar-refractivity contribution in [2.45, 2.75) is 102 Å². The van der Waals surface area contributed by atoms with Gasteiger partial charge in [-0.1, -0.05) is 19.3 Å². The maximum absolute atomic E-state index is 13.3. The highest BCUT2D eigenvalue weighted by molar-refractivity contribution is 5.94. The summed E-state index contributed by atoms with van der Waals surface area (Å²) in [6, 6.07) is 0.528. The van der Waals surface area contributed by atoms with E-state index >= 15 is 0 Å². The number of carbonyl (C=O) groups excluding carboxylic acids is 1. The third-order valence-corrected chi connectivity index (χ3v) is 9.13. The van der Waals surface area contributed by atoms with Gasteiger partial charge in [0.15, 0.2) is 5.69 Å². The number of aromatic nitrogens is 2. The largest absolute Gasteiger partial charge is 0.350 e. The van der Waals surface area contributed by atoms with Gasteiger partial charge in [-0.05, 0) is 100 Å². The van der Waals surface area contributed by atoms with Crippen molar-refractivity contribution < 1.29 is 4.79 Å². The maximum Gasteiger partial charge on any atom is 0.272 e. The fraction of sp³-hybridized carbons (Fsp3) is 0.840. The van der Waals surface area contributed by atoms with Gasteiger partial charge in [-0.3, -0.25) is 9.48 Å². The highest BCUT2D eigenvalue weighted by atomic mass is 16.2. The van der Waals surface area contributed by atoms with Gasteiger partial charge in [0, 0.05) is 17.8 Å². The van der Waals surface area contributed by atoms with Crippen LogP contribution in [-0.4, -0.2) is 22.2 Å². The van der Waals surface area contributed by atoms with Crippen LogP contribution in [0.25, 0.3) is 0 Å². The Morgan fingerprint density at radius 3 is 2.28 bits per heavy atom. The fourth-order valence-electron chi connectivity index (χ4n) is 8.29. The number of fused-ring (bicyclic) bond motifs is 1. The van der Waals surface area contributed by atoms with E-state index < -0.39 is 0 Å². The van der Waals surface area contributed by atoms with Crippen molar-refractivity contribution >= 4 is 5.91 Å². The molecule has 4 heteroatoms. The molecular formula is C25H37N3O. The second-order valence-corrected chi connectivity index (χ2v) is 11.3. The van der Waals surface area contributed by atoms with E-state index in [1.807, 2.05) is 0 Å². The molecule has 0 unspecified atom stereocenters. The lowest BCUT2D eigenvalue weighted by atomic mass is 9.49. The van der Waals surface area contributed by atoms with Gasteiger partial charge >= 0.3 is 0 Å². The Morgan fingerprint density at radius 2 is 1.59 bits per heavy atom. The smallest absolute Gasteiger partial charge is 0.272 e. The van der Waals surface area contributed by atoms with Crippen LogP contribution in [0.4, 0.5) is 0 Å². The molecule has 7 rings (SSSR count). The molecule has 29 heavy (non-hydrogen) atoms. The first-order valence-electron chi connectivity index (χ1n) is 12.6. The first-order chi connectivity index (χ1) is 14.2. The first kappa shape index (κ1) is 18.4. The van der Waals surface area contributed by atoms with E-state index in [-0.39, 0.29) is 5.91 Å². The zero-order chi connectivity index (χ0) is 19.4. The number of hydrogen-bond donors (Lipinski definition) is 1. The molecule has 5 saturated carbocycles. The third kappa shape index (κ3) is 3.25. The van der Waals surface area contributed by atoms with Crippen molar-refractivity contribution in [1.82, 2.24) is 15.1 Å². The number of hydrogen-bond acceptors (Lipinski definition) is 2. The lowest BCUT2D eigenvalue weighted by Crippen LogP contribution is -2.51. The van der Waals surface area contributed by atoms with Crippen molar-refractivity contribution in [2.24, 2.45) is 23.2 Å². The summed E-state index contributed by atoms with van der Waals surface area (Å²) in [5.41, 5.74) is 3.85. The summed E-state index contributed by atoms with van der Waals surface area (Å²) in [6.45, 7) is 0.889. The summed E-state index contributed by atoms with van der Waals surface area (Å²) in [5, 5.41) is 8.39. The molecule has 0 radical (unpaired) electrons. The van der Waals surface area contributed by atoms with Crippen LogP contribution >= 0.6 is 0 Å². The molecule has 0 spiro atoms. The summed E-state index contributed by atoms with van der Waals surface area (Å²) in [7, 11) is 0. The van der Waals surface area contributed by atoms with Gasteiger partial charge in [-0.25, -0.2) is 0 Å². The van der Waals surface area contributed by atoms with Crippen LogP contribution < -0.4 is 5.32 Å². The van der Waals surface area contributed by atoms with E-state index in [2.05, 4.69) is 10.00 Å². The molecule has 4 nitrogen and oxygen atoms in total. The Hall–Kier alpha value is -1.32. The van der Waals surface area contributed by atoms with Crippen LogP contribution in [-0.2, 0) is 12.8 Å². The molecule has 1 amide bonds. The lowest BCUT2D eigenvalue weighted by Gasteiger charge is -2.56. The van der Waals surface area contributed by atoms with Crippen LogP contribution in [0.5, 0.6) is 0 Å². The number of nitrogens with one attached hydrogen (secondary N) is 1. The molecule has 158 valence electrons. The Labute approximate surface area is 175 Å². The van der Waals surface area contributed by atoms with Gasteiger partial charge in [-0.15, -0.1) is 0 Å². The van der Waals surface area contributed by atoms with Gasteiger partial charge in [0.1, 0.15) is 0 Å². The molecule has 1 N–H and O–H groups in total. The van der Waals surface area contributed by atoms with E-state index in [1.54, 1.807) is 0 Å². The number of amides is 1. The molecule has 6 aliphatic rings. The minimum atomic E-state index is 0.119. The van der Waals surface area contributed by atoms with Crippen molar-refractivity contribution in [1.29, 1.82) is 0 Å². The van der Waals surface area contributed by atoms with E-state index in [1.165, 1.54) is 94.7 Å². The molecule has 6 aliphatic carbocycles. The van der Waals surface area contributed by atoms with Gasteiger partial charge in [0.05, 0.1) is 6.04 Å². The summed E-state index contributed by atoms with van der Waals surface area (Å²) >= 11 is 0. The highest BCUT2D eigenvalue weighted by Crippen LogP contribution is 2.59. The summed E-state index contributed by atoms with van der Waals surface area (Å²) in [4.78, 5) is 13.3. The number of rotatable bonds is 4. The second-order valence-electron chi connectivity index (χ2n) is 11.3. The normalized spacial score (nSPS) is 36.2. The van der Waals surface area contributed by atoms with Gasteiger partial charge < -0.3 is 5.32 Å². The van der Waals surface area contributed by atoms with Gasteiger partial charge in [-0.2, -0.15) is 5.10 Å². The minimum absolute atomic E-state index is 0.119. The number of carbonyl (C=O) groups is 1. The van der Waals surface area contributed by atoms with E-state index in [0.717, 1.165) is 42.8 Å². The zero-order valence-electron chi connectivity index (χ0n) is 17.9. The molecule has 4 bridgehead atoms. The van der Waals surface area contributed by atoms with E-state index in [0.29, 0.717) is 11.5 Å². The zero-order valence-corrected chi connectivity index (χ0v) is 17.9. The molecule has 0 aromatic carbocycles. The summed E-state index contributed by atoms with van der Waals surface area (Å²) < 4.78 is 2.30. The first-order valence-corrected chi connectivity index (χ1v) is 12.6. The molecule has 1 aromatic rings. The van der Waals surface area contributed by atoms with Crippen LogP contribution in [0.2, 0.25) is 0 Å². The van der Waals surface area contributed by atoms with Crippen LogP contribution in [0, 0.1) is 23.2 Å². The topological polar surface area (TPSA) is 46.9 Å². The lowest BCUT2D eigenvalue weighted by molar-refractivity contribution is -0.0503. The van der Waals surface area contributed by atoms with Crippen LogP contribution in [0.15, 0.2) is 0 Å². The maximum atomic E-state index is 13.3. The Morgan fingerprint density at radius 1 is 0.931 bits per heavy atom. The highest BCUT2D eigenvalue weighted by Gasteiger charge is 2.50.